The lowest BCUT2D eigenvalue weighted by molar-refractivity contribution is -0.119. The highest BCUT2D eigenvalue weighted by atomic mass is 127. The lowest BCUT2D eigenvalue weighted by Gasteiger charge is -2.14. The number of aryl methyl sites for hydroxylation is 1. The van der Waals surface area contributed by atoms with Gasteiger partial charge in [-0.05, 0) is 61.2 Å². The summed E-state index contributed by atoms with van der Waals surface area (Å²) in [5.74, 6) is -3.01. The maximum Gasteiger partial charge on any atom is 0.260 e. The Balaban J connectivity index is 1.51. The van der Waals surface area contributed by atoms with Gasteiger partial charge in [-0.3, -0.25) is 14.1 Å². The monoisotopic (exact) mass is 660 g/mol. The number of amides is 1. The normalized spacial score (nSPS) is 20.2. The van der Waals surface area contributed by atoms with E-state index in [4.69, 9.17) is 9.98 Å². The Labute approximate surface area is 230 Å². The van der Waals surface area contributed by atoms with Crippen molar-refractivity contribution >= 4 is 91.2 Å². The van der Waals surface area contributed by atoms with Crippen molar-refractivity contribution in [3.8, 4) is 0 Å². The van der Waals surface area contributed by atoms with E-state index >= 15 is 0 Å². The zero-order valence-corrected chi connectivity index (χ0v) is 24.7. The zero-order chi connectivity index (χ0) is 25.8. The first-order valence-electron chi connectivity index (χ1n) is 11.1. The molecule has 1 fully saturated rings. The summed E-state index contributed by atoms with van der Waals surface area (Å²) in [5, 5.41) is 7.08. The Morgan fingerprint density at radius 1 is 1.28 bits per heavy atom. The minimum absolute atomic E-state index is 0.0691. The summed E-state index contributed by atoms with van der Waals surface area (Å²) in [7, 11) is 0. The average Bonchev–Trinajstić information content (AvgIpc) is 3.13. The number of imidazole rings is 1. The van der Waals surface area contributed by atoms with Crippen molar-refractivity contribution in [3.63, 3.8) is 0 Å². The molecule has 1 aliphatic heterocycles. The predicted molar refractivity (Wildman–Crippen MR) is 156 cm³/mol. The number of anilines is 3. The summed E-state index contributed by atoms with van der Waals surface area (Å²) in [4.78, 5) is 27.5. The molecule has 0 radical (unpaired) electrons. The third-order valence-corrected chi connectivity index (χ3v) is 10.3. The summed E-state index contributed by atoms with van der Waals surface area (Å²) >= 11 is 5.62. The van der Waals surface area contributed by atoms with Gasteiger partial charge in [-0.2, -0.15) is 0 Å². The van der Waals surface area contributed by atoms with Crippen LogP contribution in [0, 0.1) is 12.8 Å². The highest BCUT2D eigenvalue weighted by molar-refractivity contribution is 14.2. The number of nitrogens with zero attached hydrogens (tertiary/aromatic N) is 4. The SMILES string of the molecule is CSc1cc(C2=NC(C)(C)CS2)ccc1Nc1cc(NC(=O)C2CC2(F)F)nc2c1nc(C)n2PI. The third-order valence-electron chi connectivity index (χ3n) is 5.95. The van der Waals surface area contributed by atoms with Gasteiger partial charge in [-0.1, -0.05) is 6.07 Å². The number of carbonyl (C=O) groups is 1. The van der Waals surface area contributed by atoms with Crippen molar-refractivity contribution in [2.24, 2.45) is 10.9 Å². The number of benzene rings is 1. The van der Waals surface area contributed by atoms with Crippen LogP contribution in [0.5, 0.6) is 0 Å². The summed E-state index contributed by atoms with van der Waals surface area (Å²) < 4.78 is 28.8. The Hall–Kier alpha value is -1.50. The van der Waals surface area contributed by atoms with Gasteiger partial charge in [0.1, 0.15) is 23.1 Å². The fourth-order valence-corrected chi connectivity index (χ4v) is 7.82. The molecule has 0 spiro atoms. The van der Waals surface area contributed by atoms with Crippen LogP contribution in [-0.2, 0) is 4.79 Å². The van der Waals surface area contributed by atoms with Crippen LogP contribution >= 0.6 is 51.9 Å². The number of fused-ring (bicyclic) bond motifs is 1. The van der Waals surface area contributed by atoms with Crippen molar-refractivity contribution in [1.29, 1.82) is 0 Å². The number of carbonyl (C=O) groups excluding carboxylic acids is 1. The van der Waals surface area contributed by atoms with E-state index in [0.717, 1.165) is 32.8 Å². The fourth-order valence-electron chi connectivity index (χ4n) is 3.93. The summed E-state index contributed by atoms with van der Waals surface area (Å²) in [6.45, 7) is 6.15. The standard InChI is InChI=1S/C23H24F2IN6OPS2/c1-11-27-18-15(8-17(29-19(18)32(11)34-26)30-20(33)13-9-23(13,24)25)28-14-6-5-12(7-16(14)35-4)21-31-22(2,3)10-36-21/h5-8,13,34H,9-10H2,1-4H3,(H2,28,29,30,33). The minimum atomic E-state index is -2.94. The number of aromatic nitrogens is 3. The molecule has 13 heteroatoms. The molecule has 1 aliphatic carbocycles. The summed E-state index contributed by atoms with van der Waals surface area (Å²) in [6, 6.07) is 7.83. The lowest BCUT2D eigenvalue weighted by atomic mass is 10.1. The van der Waals surface area contributed by atoms with Crippen molar-refractivity contribution in [2.75, 3.05) is 22.6 Å². The van der Waals surface area contributed by atoms with Gasteiger partial charge >= 0.3 is 0 Å². The second kappa shape index (κ2) is 9.67. The Morgan fingerprint density at radius 2 is 2.03 bits per heavy atom. The Bertz CT molecular complexity index is 1410. The number of alkyl halides is 2. The molecule has 190 valence electrons. The molecule has 2 aromatic heterocycles. The number of pyridine rings is 1. The van der Waals surface area contributed by atoms with Crippen LogP contribution in [-0.4, -0.2) is 48.7 Å². The lowest BCUT2D eigenvalue weighted by Crippen LogP contribution is -2.18. The first-order chi connectivity index (χ1) is 17.0. The van der Waals surface area contributed by atoms with E-state index in [1.165, 1.54) is 0 Å². The second-order valence-electron chi connectivity index (χ2n) is 9.37. The number of nitrogens with one attached hydrogen (secondary N) is 2. The van der Waals surface area contributed by atoms with E-state index < -0.39 is 24.2 Å². The van der Waals surface area contributed by atoms with E-state index in [-0.39, 0.29) is 11.4 Å². The molecule has 2 aliphatic rings. The van der Waals surface area contributed by atoms with E-state index in [1.54, 1.807) is 29.6 Å². The van der Waals surface area contributed by atoms with E-state index in [0.29, 0.717) is 23.2 Å². The first-order valence-corrected chi connectivity index (χ1v) is 17.4. The van der Waals surface area contributed by atoms with Crippen LogP contribution in [0.15, 0.2) is 34.2 Å². The molecule has 1 amide bonds. The van der Waals surface area contributed by atoms with Crippen LogP contribution in [0.25, 0.3) is 11.2 Å². The van der Waals surface area contributed by atoms with Crippen LogP contribution in [0.3, 0.4) is 0 Å². The van der Waals surface area contributed by atoms with Crippen LogP contribution in [0.2, 0.25) is 0 Å². The molecule has 2 unspecified atom stereocenters. The molecule has 36 heavy (non-hydrogen) atoms. The molecule has 2 N–H and O–H groups in total. The van der Waals surface area contributed by atoms with Gasteiger partial charge in [-0.25, -0.2) is 18.7 Å². The molecule has 7 nitrogen and oxygen atoms in total. The number of hydrogen-bond donors (Lipinski definition) is 2. The minimum Gasteiger partial charge on any atom is -0.353 e. The van der Waals surface area contributed by atoms with E-state index in [9.17, 15) is 13.6 Å². The number of rotatable bonds is 7. The molecule has 2 atom stereocenters. The van der Waals surface area contributed by atoms with E-state index in [1.807, 2.05) is 29.6 Å². The quantitative estimate of drug-likeness (QED) is 0.164. The molecule has 3 heterocycles. The second-order valence-corrected chi connectivity index (χ2v) is 13.2. The van der Waals surface area contributed by atoms with Gasteiger partial charge in [0.15, 0.2) is 5.65 Å². The first kappa shape index (κ1) is 26.1. The maximum atomic E-state index is 13.4. The zero-order valence-electron chi connectivity index (χ0n) is 19.9. The highest BCUT2D eigenvalue weighted by Crippen LogP contribution is 2.49. The molecule has 1 aromatic carbocycles. The number of halogens is 3. The smallest absolute Gasteiger partial charge is 0.260 e. The third kappa shape index (κ3) is 5.10. The summed E-state index contributed by atoms with van der Waals surface area (Å²) in [5.41, 5.74) is 3.76. The van der Waals surface area contributed by atoms with Crippen molar-refractivity contribution in [1.82, 2.24) is 14.3 Å². The molecular weight excluding hydrogens is 636 g/mol. The molecule has 1 saturated carbocycles. The highest BCUT2D eigenvalue weighted by Gasteiger charge is 2.61. The van der Waals surface area contributed by atoms with Gasteiger partial charge in [0.25, 0.3) is 5.92 Å². The van der Waals surface area contributed by atoms with Crippen LogP contribution in [0.4, 0.5) is 26.0 Å². The summed E-state index contributed by atoms with van der Waals surface area (Å²) in [6.07, 6.45) is 1.92. The van der Waals surface area contributed by atoms with Gasteiger partial charge in [0, 0.05) is 28.7 Å². The van der Waals surface area contributed by atoms with Crippen molar-refractivity contribution < 1.29 is 13.6 Å². The van der Waals surface area contributed by atoms with Gasteiger partial charge in [-0.15, -0.1) is 23.5 Å². The van der Waals surface area contributed by atoms with E-state index in [2.05, 4.69) is 57.6 Å². The molecule has 0 bridgehead atoms. The van der Waals surface area contributed by atoms with Crippen molar-refractivity contribution in [3.05, 3.63) is 35.7 Å². The van der Waals surface area contributed by atoms with Gasteiger partial charge < -0.3 is 10.6 Å². The topological polar surface area (TPSA) is 84.2 Å². The molecular formula is C23H24F2IN6OPS2. The predicted octanol–water partition coefficient (Wildman–Crippen LogP) is 6.86. The van der Waals surface area contributed by atoms with Gasteiger partial charge in [0.2, 0.25) is 5.91 Å². The molecule has 3 aromatic rings. The van der Waals surface area contributed by atoms with Gasteiger partial charge in [0.05, 0.1) is 28.3 Å². The Kier molecular flexibility index (Phi) is 7.01. The number of hydrogen-bond acceptors (Lipinski definition) is 7. The number of thioether (sulfide) groups is 2. The fraction of sp³-hybridized carbons (Fsp3) is 0.391. The number of aliphatic imine (C=N–C) groups is 1. The maximum absolute atomic E-state index is 13.4. The average molecular weight is 660 g/mol. The Morgan fingerprint density at radius 3 is 2.64 bits per heavy atom. The molecule has 0 saturated heterocycles. The van der Waals surface area contributed by atoms with Crippen LogP contribution in [0.1, 0.15) is 31.7 Å². The van der Waals surface area contributed by atoms with Crippen molar-refractivity contribution in [2.45, 2.75) is 43.5 Å². The largest absolute Gasteiger partial charge is 0.353 e. The van der Waals surface area contributed by atoms with Crippen LogP contribution < -0.4 is 10.6 Å². The molecule has 5 rings (SSSR count).